The molecule has 1 amide bonds. The average molecular weight is 312 g/mol. The second kappa shape index (κ2) is 5.40. The van der Waals surface area contributed by atoms with E-state index >= 15 is 0 Å². The van der Waals surface area contributed by atoms with E-state index in [1.54, 1.807) is 0 Å². The summed E-state index contributed by atoms with van der Waals surface area (Å²) in [5.74, 6) is -0.267. The Morgan fingerprint density at radius 3 is 2.24 bits per heavy atom. The number of β-amino-alcohol motifs (C(OH)–C–C–N with tert-alkyl or cyclic N) is 1. The molecule has 1 aromatic rings. The molecule has 1 aliphatic rings. The van der Waals surface area contributed by atoms with Crippen LogP contribution < -0.4 is 5.32 Å². The van der Waals surface area contributed by atoms with Gasteiger partial charge in [0, 0.05) is 25.7 Å². The summed E-state index contributed by atoms with van der Waals surface area (Å²) in [6.45, 7) is 3.93. The number of benzene rings is 1. The first-order chi connectivity index (χ1) is 9.70. The first-order valence-corrected chi connectivity index (χ1v) is 8.19. The third-order valence-electron chi connectivity index (χ3n) is 3.96. The molecular formula is C14H20N2O4S. The van der Waals surface area contributed by atoms with Gasteiger partial charge in [0.05, 0.1) is 10.5 Å². The number of nitrogens with zero attached hydrogens (tertiary/aromatic N) is 1. The van der Waals surface area contributed by atoms with E-state index in [1.807, 2.05) is 13.8 Å². The molecule has 1 aliphatic heterocycles. The van der Waals surface area contributed by atoms with Gasteiger partial charge in [-0.25, -0.2) is 8.42 Å². The maximum atomic E-state index is 12.4. The number of aliphatic hydroxyl groups is 1. The van der Waals surface area contributed by atoms with Gasteiger partial charge in [0.25, 0.3) is 5.91 Å². The van der Waals surface area contributed by atoms with E-state index in [2.05, 4.69) is 5.32 Å². The summed E-state index contributed by atoms with van der Waals surface area (Å²) in [4.78, 5) is 11.6. The smallest absolute Gasteiger partial charge is 0.251 e. The minimum atomic E-state index is -3.61. The van der Waals surface area contributed by atoms with Gasteiger partial charge in [-0.1, -0.05) is 13.8 Å². The average Bonchev–Trinajstić information content (AvgIpc) is 2.42. The van der Waals surface area contributed by atoms with Crippen molar-refractivity contribution in [3.63, 3.8) is 0 Å². The van der Waals surface area contributed by atoms with E-state index in [9.17, 15) is 18.3 Å². The third kappa shape index (κ3) is 2.81. The van der Waals surface area contributed by atoms with Gasteiger partial charge in [-0.05, 0) is 30.2 Å². The molecule has 1 aromatic carbocycles. The van der Waals surface area contributed by atoms with Crippen LogP contribution in [-0.2, 0) is 10.0 Å². The van der Waals surface area contributed by atoms with E-state index in [4.69, 9.17) is 0 Å². The first kappa shape index (κ1) is 15.9. The fourth-order valence-corrected chi connectivity index (χ4v) is 3.74. The molecule has 0 unspecified atom stereocenters. The Kier molecular flexibility index (Phi) is 4.10. The number of carbonyl (C=O) groups excluding carboxylic acids is 1. The lowest BCUT2D eigenvalue weighted by atomic mass is 9.85. The molecule has 6 nitrogen and oxygen atoms in total. The topological polar surface area (TPSA) is 86.7 Å². The van der Waals surface area contributed by atoms with E-state index in [0.717, 1.165) is 0 Å². The van der Waals surface area contributed by atoms with Gasteiger partial charge in [0.1, 0.15) is 0 Å². The van der Waals surface area contributed by atoms with E-state index in [0.29, 0.717) is 5.56 Å². The van der Waals surface area contributed by atoms with Crippen molar-refractivity contribution in [1.82, 2.24) is 9.62 Å². The Morgan fingerprint density at radius 1 is 1.29 bits per heavy atom. The minimum Gasteiger partial charge on any atom is -0.387 e. The van der Waals surface area contributed by atoms with Crippen LogP contribution in [0.5, 0.6) is 0 Å². The number of rotatable bonds is 4. The molecule has 2 N–H and O–H groups in total. The highest BCUT2D eigenvalue weighted by Crippen LogP contribution is 2.33. The molecule has 0 aromatic heterocycles. The number of nitrogens with one attached hydrogen (secondary N) is 1. The van der Waals surface area contributed by atoms with Crippen molar-refractivity contribution in [1.29, 1.82) is 0 Å². The third-order valence-corrected chi connectivity index (χ3v) is 5.76. The van der Waals surface area contributed by atoms with Gasteiger partial charge in [0.2, 0.25) is 10.0 Å². The summed E-state index contributed by atoms with van der Waals surface area (Å²) >= 11 is 0. The predicted molar refractivity (Wildman–Crippen MR) is 78.4 cm³/mol. The number of hydrogen-bond donors (Lipinski definition) is 2. The second-order valence-corrected chi connectivity index (χ2v) is 7.57. The largest absolute Gasteiger partial charge is 0.387 e. The fourth-order valence-electron chi connectivity index (χ4n) is 2.17. The zero-order valence-corrected chi connectivity index (χ0v) is 13.1. The van der Waals surface area contributed by atoms with Crippen molar-refractivity contribution in [3.05, 3.63) is 29.8 Å². The zero-order valence-electron chi connectivity index (χ0n) is 12.3. The van der Waals surface area contributed by atoms with Crippen LogP contribution in [0.15, 0.2) is 29.2 Å². The van der Waals surface area contributed by atoms with Gasteiger partial charge in [-0.15, -0.1) is 0 Å². The van der Waals surface area contributed by atoms with Gasteiger partial charge in [0.15, 0.2) is 0 Å². The van der Waals surface area contributed by atoms with Gasteiger partial charge < -0.3 is 10.4 Å². The number of sulfonamides is 1. The molecule has 7 heteroatoms. The summed E-state index contributed by atoms with van der Waals surface area (Å²) in [5.41, 5.74) is -0.548. The van der Waals surface area contributed by atoms with Gasteiger partial charge in [-0.2, -0.15) is 4.31 Å². The van der Waals surface area contributed by atoms with Crippen molar-refractivity contribution in [2.75, 3.05) is 20.1 Å². The molecule has 0 spiro atoms. The Hall–Kier alpha value is -1.44. The number of hydrogen-bond acceptors (Lipinski definition) is 4. The van der Waals surface area contributed by atoms with Crippen LogP contribution in [0.1, 0.15) is 24.2 Å². The van der Waals surface area contributed by atoms with Crippen LogP contribution in [0, 0.1) is 5.92 Å². The summed E-state index contributed by atoms with van der Waals surface area (Å²) in [6.07, 6.45) is 0. The Balaban J connectivity index is 2.17. The zero-order chi connectivity index (χ0) is 15.8. The first-order valence-electron chi connectivity index (χ1n) is 6.75. The molecule has 1 fully saturated rings. The molecule has 0 aliphatic carbocycles. The van der Waals surface area contributed by atoms with Crippen LogP contribution in [0.4, 0.5) is 0 Å². The summed E-state index contributed by atoms with van der Waals surface area (Å²) in [6, 6.07) is 5.76. The summed E-state index contributed by atoms with van der Waals surface area (Å²) < 4.78 is 26.0. The van der Waals surface area contributed by atoms with Crippen molar-refractivity contribution in [3.8, 4) is 0 Å². The van der Waals surface area contributed by atoms with Gasteiger partial charge >= 0.3 is 0 Å². The molecule has 0 saturated carbocycles. The number of amides is 1. The van der Waals surface area contributed by atoms with Crippen molar-refractivity contribution in [2.45, 2.75) is 24.3 Å². The lowest BCUT2D eigenvalue weighted by Gasteiger charge is -2.47. The predicted octanol–water partition coefficient (Wildman–Crippen LogP) is 0.438. The lowest BCUT2D eigenvalue weighted by Crippen LogP contribution is -2.65. The Labute approximate surface area is 124 Å². The van der Waals surface area contributed by atoms with Crippen molar-refractivity contribution >= 4 is 15.9 Å². The van der Waals surface area contributed by atoms with Crippen molar-refractivity contribution < 1.29 is 18.3 Å². The molecule has 116 valence electrons. The standard InChI is InChI=1S/C14H20N2O4S/c1-10(2)14(18)8-16(9-14)21(19,20)12-6-4-11(5-7-12)13(17)15-3/h4-7,10,18H,8-9H2,1-3H3,(H,15,17). The highest BCUT2D eigenvalue weighted by molar-refractivity contribution is 7.89. The van der Waals surface area contributed by atoms with Crippen LogP contribution in [0.3, 0.4) is 0 Å². The van der Waals surface area contributed by atoms with E-state index in [1.165, 1.54) is 35.6 Å². The summed E-state index contributed by atoms with van der Waals surface area (Å²) in [5, 5.41) is 12.6. The highest BCUT2D eigenvalue weighted by atomic mass is 32.2. The fraction of sp³-hybridized carbons (Fsp3) is 0.500. The molecule has 1 saturated heterocycles. The highest BCUT2D eigenvalue weighted by Gasteiger charge is 2.49. The number of carbonyl (C=O) groups is 1. The lowest BCUT2D eigenvalue weighted by molar-refractivity contribution is -0.0932. The van der Waals surface area contributed by atoms with Gasteiger partial charge in [-0.3, -0.25) is 4.79 Å². The van der Waals surface area contributed by atoms with Crippen LogP contribution in [0.25, 0.3) is 0 Å². The second-order valence-electron chi connectivity index (χ2n) is 5.63. The molecule has 0 radical (unpaired) electrons. The SMILES string of the molecule is CNC(=O)c1ccc(S(=O)(=O)N2CC(O)(C(C)C)C2)cc1. The minimum absolute atomic E-state index is 0.000393. The van der Waals surface area contributed by atoms with Crippen molar-refractivity contribution in [2.24, 2.45) is 5.92 Å². The molecule has 21 heavy (non-hydrogen) atoms. The molecular weight excluding hydrogens is 292 g/mol. The maximum Gasteiger partial charge on any atom is 0.251 e. The van der Waals surface area contributed by atoms with E-state index < -0.39 is 15.6 Å². The van der Waals surface area contributed by atoms with Crippen LogP contribution >= 0.6 is 0 Å². The molecule has 0 atom stereocenters. The normalized spacial score (nSPS) is 18.3. The van der Waals surface area contributed by atoms with Crippen LogP contribution in [0.2, 0.25) is 0 Å². The quantitative estimate of drug-likeness (QED) is 0.844. The molecule has 1 heterocycles. The Morgan fingerprint density at radius 2 is 1.81 bits per heavy atom. The maximum absolute atomic E-state index is 12.4. The monoisotopic (exact) mass is 312 g/mol. The molecule has 0 bridgehead atoms. The molecule has 2 rings (SSSR count). The Bertz CT molecular complexity index is 631. The van der Waals surface area contributed by atoms with Crippen LogP contribution in [-0.4, -0.2) is 49.5 Å². The van der Waals surface area contributed by atoms with E-state index in [-0.39, 0.29) is 29.8 Å². The summed E-state index contributed by atoms with van der Waals surface area (Å²) in [7, 11) is -2.10.